The molecule has 0 amide bonds. The van der Waals surface area contributed by atoms with Gasteiger partial charge in [-0.25, -0.2) is 10.9 Å². The molecule has 0 rings (SSSR count). The first-order valence-corrected chi connectivity index (χ1v) is 6.80. The number of hydrogen-bond donors (Lipinski definition) is 2. The molecule has 0 spiro atoms. The van der Waals surface area contributed by atoms with E-state index >= 15 is 0 Å². The van der Waals surface area contributed by atoms with Crippen molar-refractivity contribution < 1.29 is 0 Å². The SMILES string of the molecule is CCCCCN(NCC(C)C)NCC(C)C. The summed E-state index contributed by atoms with van der Waals surface area (Å²) in [4.78, 5) is 0. The third kappa shape index (κ3) is 10.4. The third-order valence-corrected chi connectivity index (χ3v) is 2.37. The second-order valence-electron chi connectivity index (χ2n) is 5.37. The molecule has 3 heteroatoms. The third-order valence-electron chi connectivity index (χ3n) is 2.37. The summed E-state index contributed by atoms with van der Waals surface area (Å²) in [7, 11) is 0. The standard InChI is InChI=1S/C13H31N3/c1-6-7-8-9-16(14-10-12(2)3)15-11-13(4)5/h12-15H,6-11H2,1-5H3. The van der Waals surface area contributed by atoms with Gasteiger partial charge in [-0.05, 0) is 18.3 Å². The van der Waals surface area contributed by atoms with Crippen molar-refractivity contribution in [2.75, 3.05) is 19.6 Å². The van der Waals surface area contributed by atoms with Crippen LogP contribution in [-0.4, -0.2) is 24.8 Å². The molecule has 0 radical (unpaired) electrons. The minimum atomic E-state index is 0.689. The molecule has 98 valence electrons. The molecule has 3 nitrogen and oxygen atoms in total. The molecule has 0 saturated carbocycles. The lowest BCUT2D eigenvalue weighted by Crippen LogP contribution is -2.50. The van der Waals surface area contributed by atoms with Gasteiger partial charge in [-0.2, -0.15) is 5.12 Å². The molecular weight excluding hydrogens is 198 g/mol. The van der Waals surface area contributed by atoms with Crippen LogP contribution in [0.3, 0.4) is 0 Å². The van der Waals surface area contributed by atoms with E-state index in [9.17, 15) is 0 Å². The van der Waals surface area contributed by atoms with Crippen molar-refractivity contribution in [2.24, 2.45) is 11.8 Å². The maximum Gasteiger partial charge on any atom is 0.0288 e. The van der Waals surface area contributed by atoms with Crippen LogP contribution < -0.4 is 10.9 Å². The van der Waals surface area contributed by atoms with Crippen molar-refractivity contribution in [3.05, 3.63) is 0 Å². The van der Waals surface area contributed by atoms with E-state index in [1.165, 1.54) is 19.3 Å². The van der Waals surface area contributed by atoms with Gasteiger partial charge < -0.3 is 0 Å². The van der Waals surface area contributed by atoms with Crippen LogP contribution in [0.4, 0.5) is 0 Å². The largest absolute Gasteiger partial charge is 0.241 e. The van der Waals surface area contributed by atoms with E-state index in [1.54, 1.807) is 0 Å². The number of nitrogens with zero attached hydrogens (tertiary/aromatic N) is 1. The van der Waals surface area contributed by atoms with Crippen LogP contribution in [0.1, 0.15) is 53.9 Å². The molecule has 0 aromatic carbocycles. The summed E-state index contributed by atoms with van der Waals surface area (Å²) in [5.41, 5.74) is 6.91. The maximum absolute atomic E-state index is 3.46. The molecule has 2 N–H and O–H groups in total. The summed E-state index contributed by atoms with van der Waals surface area (Å²) in [6.07, 6.45) is 3.85. The monoisotopic (exact) mass is 229 g/mol. The van der Waals surface area contributed by atoms with E-state index in [2.05, 4.69) is 50.6 Å². The van der Waals surface area contributed by atoms with Gasteiger partial charge in [0.2, 0.25) is 0 Å². The highest BCUT2D eigenvalue weighted by atomic mass is 15.7. The fourth-order valence-corrected chi connectivity index (χ4v) is 1.32. The highest BCUT2D eigenvalue weighted by Gasteiger charge is 2.05. The van der Waals surface area contributed by atoms with E-state index in [0.717, 1.165) is 19.6 Å². The normalized spacial score (nSPS) is 12.0. The number of hydrogen-bond acceptors (Lipinski definition) is 3. The molecule has 0 atom stereocenters. The average molecular weight is 229 g/mol. The second kappa shape index (κ2) is 10.1. The molecule has 0 unspecified atom stereocenters. The Bertz CT molecular complexity index is 134. The molecule has 0 aliphatic rings. The number of nitrogens with one attached hydrogen (secondary N) is 2. The second-order valence-corrected chi connectivity index (χ2v) is 5.37. The highest BCUT2D eigenvalue weighted by molar-refractivity contribution is 4.53. The van der Waals surface area contributed by atoms with Crippen molar-refractivity contribution in [3.8, 4) is 0 Å². The van der Waals surface area contributed by atoms with E-state index in [-0.39, 0.29) is 0 Å². The van der Waals surface area contributed by atoms with Gasteiger partial charge in [0.05, 0.1) is 0 Å². The van der Waals surface area contributed by atoms with Gasteiger partial charge in [-0.15, -0.1) is 0 Å². The first kappa shape index (κ1) is 15.9. The number of unbranched alkanes of at least 4 members (excludes halogenated alkanes) is 2. The van der Waals surface area contributed by atoms with Crippen molar-refractivity contribution in [1.82, 2.24) is 16.0 Å². The Hall–Kier alpha value is -0.120. The molecule has 0 fully saturated rings. The van der Waals surface area contributed by atoms with E-state index in [1.807, 2.05) is 0 Å². The summed E-state index contributed by atoms with van der Waals surface area (Å²) in [6.45, 7) is 14.4. The summed E-state index contributed by atoms with van der Waals surface area (Å²) in [5.74, 6) is 1.38. The summed E-state index contributed by atoms with van der Waals surface area (Å²) >= 11 is 0. The zero-order chi connectivity index (χ0) is 12.4. The van der Waals surface area contributed by atoms with Crippen LogP contribution in [0.2, 0.25) is 0 Å². The Morgan fingerprint density at radius 1 is 0.875 bits per heavy atom. The molecule has 0 heterocycles. The smallest absolute Gasteiger partial charge is 0.0288 e. The number of hydrazine groups is 2. The van der Waals surface area contributed by atoms with Crippen LogP contribution >= 0.6 is 0 Å². The number of rotatable bonds is 10. The van der Waals surface area contributed by atoms with Gasteiger partial charge in [0.15, 0.2) is 0 Å². The minimum Gasteiger partial charge on any atom is -0.241 e. The van der Waals surface area contributed by atoms with Crippen LogP contribution in [0, 0.1) is 11.8 Å². The molecular formula is C13H31N3. The van der Waals surface area contributed by atoms with Crippen LogP contribution in [0.5, 0.6) is 0 Å². The van der Waals surface area contributed by atoms with E-state index in [4.69, 9.17) is 0 Å². The zero-order valence-corrected chi connectivity index (χ0v) is 11.8. The minimum absolute atomic E-state index is 0.689. The molecule has 16 heavy (non-hydrogen) atoms. The summed E-state index contributed by atoms with van der Waals surface area (Å²) in [6, 6.07) is 0. The molecule has 0 aliphatic carbocycles. The van der Waals surface area contributed by atoms with Gasteiger partial charge in [-0.3, -0.25) is 0 Å². The predicted octanol–water partition coefficient (Wildman–Crippen LogP) is 2.80. The maximum atomic E-state index is 3.46. The molecule has 0 aliphatic heterocycles. The van der Waals surface area contributed by atoms with Crippen LogP contribution in [0.25, 0.3) is 0 Å². The molecule has 0 bridgehead atoms. The van der Waals surface area contributed by atoms with Gasteiger partial charge in [0.25, 0.3) is 0 Å². The van der Waals surface area contributed by atoms with Crippen molar-refractivity contribution in [3.63, 3.8) is 0 Å². The Kier molecular flexibility index (Phi) is 9.99. The zero-order valence-electron chi connectivity index (χ0n) is 11.8. The molecule has 0 aromatic heterocycles. The highest BCUT2D eigenvalue weighted by Crippen LogP contribution is 1.97. The van der Waals surface area contributed by atoms with Crippen LogP contribution in [-0.2, 0) is 0 Å². The lowest BCUT2D eigenvalue weighted by atomic mass is 10.2. The lowest BCUT2D eigenvalue weighted by Gasteiger charge is -2.26. The van der Waals surface area contributed by atoms with Gasteiger partial charge >= 0.3 is 0 Å². The predicted molar refractivity (Wildman–Crippen MR) is 71.9 cm³/mol. The Labute approximate surface area is 102 Å². The first-order chi connectivity index (χ1) is 7.56. The fraction of sp³-hybridized carbons (Fsp3) is 1.00. The summed E-state index contributed by atoms with van der Waals surface area (Å²) in [5, 5.41) is 2.18. The fourth-order valence-electron chi connectivity index (χ4n) is 1.32. The molecule has 0 aromatic rings. The van der Waals surface area contributed by atoms with Gasteiger partial charge in [0, 0.05) is 19.6 Å². The van der Waals surface area contributed by atoms with Gasteiger partial charge in [0.1, 0.15) is 0 Å². The van der Waals surface area contributed by atoms with E-state index < -0.39 is 0 Å². The van der Waals surface area contributed by atoms with Gasteiger partial charge in [-0.1, -0.05) is 47.5 Å². The average Bonchev–Trinajstić information content (AvgIpc) is 2.21. The van der Waals surface area contributed by atoms with Crippen molar-refractivity contribution in [1.29, 1.82) is 0 Å². The van der Waals surface area contributed by atoms with Crippen LogP contribution in [0.15, 0.2) is 0 Å². The Morgan fingerprint density at radius 2 is 1.38 bits per heavy atom. The topological polar surface area (TPSA) is 27.3 Å². The van der Waals surface area contributed by atoms with Crippen molar-refractivity contribution in [2.45, 2.75) is 53.9 Å². The first-order valence-electron chi connectivity index (χ1n) is 6.80. The molecule has 0 saturated heterocycles. The summed E-state index contributed by atoms with van der Waals surface area (Å²) < 4.78 is 0. The van der Waals surface area contributed by atoms with Crippen molar-refractivity contribution >= 4 is 0 Å². The quantitative estimate of drug-likeness (QED) is 0.445. The van der Waals surface area contributed by atoms with E-state index in [0.29, 0.717) is 11.8 Å². The Morgan fingerprint density at radius 3 is 1.75 bits per heavy atom. The lowest BCUT2D eigenvalue weighted by molar-refractivity contribution is 0.0983. The Balaban J connectivity index is 3.76.